The summed E-state index contributed by atoms with van der Waals surface area (Å²) in [5.41, 5.74) is 1.01. The number of rotatable bonds is 6. The van der Waals surface area contributed by atoms with Gasteiger partial charge in [0.2, 0.25) is 0 Å². The van der Waals surface area contributed by atoms with Crippen molar-refractivity contribution in [2.75, 3.05) is 18.5 Å². The van der Waals surface area contributed by atoms with E-state index in [-0.39, 0.29) is 6.61 Å². The highest BCUT2D eigenvalue weighted by Gasteiger charge is 2.06. The maximum atomic E-state index is 9.90. The molecule has 0 aliphatic rings. The molecule has 0 fully saturated rings. The van der Waals surface area contributed by atoms with Crippen molar-refractivity contribution in [3.8, 4) is 5.75 Å². The summed E-state index contributed by atoms with van der Waals surface area (Å²) < 4.78 is 6.61. The van der Waals surface area contributed by atoms with E-state index in [0.717, 1.165) is 9.26 Å². The highest BCUT2D eigenvalue weighted by molar-refractivity contribution is 14.1. The lowest BCUT2D eigenvalue weighted by Crippen LogP contribution is -2.26. The summed E-state index contributed by atoms with van der Waals surface area (Å²) in [4.78, 5) is 0. The molecule has 2 aromatic rings. The molecule has 0 saturated heterocycles. The molecule has 5 heteroatoms. The molecule has 2 aromatic carbocycles. The first-order valence-corrected chi connectivity index (χ1v) is 7.65. The molecule has 0 radical (unpaired) electrons. The predicted octanol–water partition coefficient (Wildman–Crippen LogP) is 3.80. The Labute approximate surface area is 137 Å². The van der Waals surface area contributed by atoms with Crippen LogP contribution in [0.25, 0.3) is 0 Å². The lowest BCUT2D eigenvalue weighted by atomic mass is 10.3. The first kappa shape index (κ1) is 15.4. The van der Waals surface area contributed by atoms with Crippen molar-refractivity contribution in [1.29, 1.82) is 0 Å². The fraction of sp³-hybridized carbons (Fsp3) is 0.200. The van der Waals surface area contributed by atoms with Crippen LogP contribution in [0.1, 0.15) is 0 Å². The van der Waals surface area contributed by atoms with E-state index in [1.54, 1.807) is 24.3 Å². The van der Waals surface area contributed by atoms with Crippen LogP contribution in [-0.2, 0) is 0 Å². The molecule has 0 aromatic heterocycles. The molecule has 106 valence electrons. The minimum atomic E-state index is -0.582. The Balaban J connectivity index is 1.77. The van der Waals surface area contributed by atoms with E-state index in [9.17, 15) is 5.11 Å². The Hall–Kier alpha value is -0.980. The lowest BCUT2D eigenvalue weighted by Gasteiger charge is -2.14. The number of aliphatic hydroxyl groups excluding tert-OH is 1. The fourth-order valence-corrected chi connectivity index (χ4v) is 2.32. The van der Waals surface area contributed by atoms with Crippen molar-refractivity contribution in [2.45, 2.75) is 6.10 Å². The van der Waals surface area contributed by atoms with E-state index in [4.69, 9.17) is 16.3 Å². The van der Waals surface area contributed by atoms with Crippen LogP contribution in [0.3, 0.4) is 0 Å². The smallest absolute Gasteiger partial charge is 0.119 e. The van der Waals surface area contributed by atoms with Crippen LogP contribution in [0.15, 0.2) is 48.5 Å². The van der Waals surface area contributed by atoms with Crippen molar-refractivity contribution in [3.05, 3.63) is 57.1 Å². The minimum Gasteiger partial charge on any atom is -0.491 e. The summed E-state index contributed by atoms with van der Waals surface area (Å²) in [5, 5.41) is 13.8. The third kappa shape index (κ3) is 4.85. The largest absolute Gasteiger partial charge is 0.491 e. The zero-order valence-corrected chi connectivity index (χ0v) is 13.6. The summed E-state index contributed by atoms with van der Waals surface area (Å²) in [6.07, 6.45) is -0.582. The highest BCUT2D eigenvalue weighted by atomic mass is 127. The SMILES string of the molecule is OC(CNc1ccccc1I)COc1ccc(Cl)cc1. The molecule has 0 saturated carbocycles. The van der Waals surface area contributed by atoms with Crippen molar-refractivity contribution in [2.24, 2.45) is 0 Å². The molecule has 0 aliphatic carbocycles. The van der Waals surface area contributed by atoms with Crippen LogP contribution < -0.4 is 10.1 Å². The van der Waals surface area contributed by atoms with Gasteiger partial charge in [-0.1, -0.05) is 23.7 Å². The lowest BCUT2D eigenvalue weighted by molar-refractivity contribution is 0.117. The van der Waals surface area contributed by atoms with E-state index in [1.165, 1.54) is 0 Å². The first-order chi connectivity index (χ1) is 9.65. The predicted molar refractivity (Wildman–Crippen MR) is 90.6 cm³/mol. The van der Waals surface area contributed by atoms with E-state index < -0.39 is 6.10 Å². The summed E-state index contributed by atoms with van der Waals surface area (Å²) in [5.74, 6) is 0.697. The third-order valence-corrected chi connectivity index (χ3v) is 3.85. The number of halogens is 2. The second-order valence-corrected chi connectivity index (χ2v) is 5.88. The van der Waals surface area contributed by atoms with Crippen molar-refractivity contribution in [1.82, 2.24) is 0 Å². The van der Waals surface area contributed by atoms with E-state index in [2.05, 4.69) is 27.9 Å². The zero-order chi connectivity index (χ0) is 14.4. The highest BCUT2D eigenvalue weighted by Crippen LogP contribution is 2.17. The molecule has 0 amide bonds. The number of ether oxygens (including phenoxy) is 1. The Morgan fingerprint density at radius 2 is 1.85 bits per heavy atom. The molecule has 2 N–H and O–H groups in total. The van der Waals surface area contributed by atoms with Gasteiger partial charge in [0, 0.05) is 20.8 Å². The summed E-state index contributed by atoms with van der Waals surface area (Å²) in [6.45, 7) is 0.672. The van der Waals surface area contributed by atoms with Gasteiger partial charge in [0.15, 0.2) is 0 Å². The standard InChI is InChI=1S/C15H15ClINO2/c16-11-5-7-13(8-6-11)20-10-12(19)9-18-15-4-2-1-3-14(15)17/h1-8,12,18-19H,9-10H2. The van der Waals surface area contributed by atoms with E-state index >= 15 is 0 Å². The molecule has 0 bridgehead atoms. The van der Waals surface area contributed by atoms with Crippen LogP contribution in [0.5, 0.6) is 5.75 Å². The molecule has 0 spiro atoms. The Kier molecular flexibility index (Phi) is 5.94. The topological polar surface area (TPSA) is 41.5 Å². The molecular formula is C15H15ClINO2. The number of para-hydroxylation sites is 1. The van der Waals surface area contributed by atoms with Gasteiger partial charge in [-0.2, -0.15) is 0 Å². The molecule has 0 heterocycles. The van der Waals surface area contributed by atoms with E-state index in [0.29, 0.717) is 17.3 Å². The van der Waals surface area contributed by atoms with Gasteiger partial charge < -0.3 is 15.2 Å². The van der Waals surface area contributed by atoms with Crippen LogP contribution in [-0.4, -0.2) is 24.4 Å². The zero-order valence-electron chi connectivity index (χ0n) is 10.7. The van der Waals surface area contributed by atoms with Crippen LogP contribution in [0.2, 0.25) is 5.02 Å². The van der Waals surface area contributed by atoms with Gasteiger partial charge in [-0.3, -0.25) is 0 Å². The maximum absolute atomic E-state index is 9.90. The molecule has 0 aliphatic heterocycles. The summed E-state index contributed by atoms with van der Waals surface area (Å²) >= 11 is 8.04. The average molecular weight is 404 g/mol. The van der Waals surface area contributed by atoms with Crippen LogP contribution >= 0.6 is 34.2 Å². The van der Waals surface area contributed by atoms with Gasteiger partial charge in [0.25, 0.3) is 0 Å². The normalized spacial score (nSPS) is 11.9. The van der Waals surface area contributed by atoms with Gasteiger partial charge in [-0.25, -0.2) is 0 Å². The molecule has 20 heavy (non-hydrogen) atoms. The molecule has 1 unspecified atom stereocenters. The Bertz CT molecular complexity index is 548. The number of anilines is 1. The number of hydrogen-bond donors (Lipinski definition) is 2. The van der Waals surface area contributed by atoms with Gasteiger partial charge in [0.1, 0.15) is 18.5 Å². The van der Waals surface area contributed by atoms with Crippen molar-refractivity contribution >= 4 is 39.9 Å². The maximum Gasteiger partial charge on any atom is 0.119 e. The number of hydrogen-bond acceptors (Lipinski definition) is 3. The Morgan fingerprint density at radius 3 is 2.55 bits per heavy atom. The second kappa shape index (κ2) is 7.71. The molecule has 3 nitrogen and oxygen atoms in total. The molecular weight excluding hydrogens is 389 g/mol. The Morgan fingerprint density at radius 1 is 1.15 bits per heavy atom. The number of nitrogens with one attached hydrogen (secondary N) is 1. The van der Waals surface area contributed by atoms with E-state index in [1.807, 2.05) is 24.3 Å². The molecule has 2 rings (SSSR count). The fourth-order valence-electron chi connectivity index (χ4n) is 1.61. The van der Waals surface area contributed by atoms with Gasteiger partial charge in [-0.05, 0) is 59.0 Å². The van der Waals surface area contributed by atoms with Gasteiger partial charge >= 0.3 is 0 Å². The first-order valence-electron chi connectivity index (χ1n) is 6.20. The van der Waals surface area contributed by atoms with Crippen molar-refractivity contribution < 1.29 is 9.84 Å². The summed E-state index contributed by atoms with van der Waals surface area (Å²) in [6, 6.07) is 15.0. The molecule has 1 atom stereocenters. The third-order valence-electron chi connectivity index (χ3n) is 2.66. The van der Waals surface area contributed by atoms with Crippen molar-refractivity contribution in [3.63, 3.8) is 0 Å². The minimum absolute atomic E-state index is 0.234. The van der Waals surface area contributed by atoms with Gasteiger partial charge in [0.05, 0.1) is 0 Å². The summed E-state index contributed by atoms with van der Waals surface area (Å²) in [7, 11) is 0. The van der Waals surface area contributed by atoms with Gasteiger partial charge in [-0.15, -0.1) is 0 Å². The number of benzene rings is 2. The van der Waals surface area contributed by atoms with Crippen LogP contribution in [0.4, 0.5) is 5.69 Å². The number of aliphatic hydroxyl groups is 1. The average Bonchev–Trinajstić information content (AvgIpc) is 2.46. The second-order valence-electron chi connectivity index (χ2n) is 4.28. The van der Waals surface area contributed by atoms with Crippen LogP contribution in [0, 0.1) is 3.57 Å². The quantitative estimate of drug-likeness (QED) is 0.721. The monoisotopic (exact) mass is 403 g/mol.